The number of nitrogens with two attached hydrogens (primary N) is 1. The molecule has 0 aromatic rings. The third-order valence-electron chi connectivity index (χ3n) is 4.38. The number of rotatable bonds is 3. The molecule has 0 aromatic heterocycles. The molecule has 2 saturated carbocycles. The maximum atomic E-state index is 11.7. The first-order valence-electron chi connectivity index (χ1n) is 6.05. The molecule has 2 fully saturated rings. The molecule has 0 bridgehead atoms. The predicted molar refractivity (Wildman–Crippen MR) is 60.3 cm³/mol. The summed E-state index contributed by atoms with van der Waals surface area (Å²) in [7, 11) is 0. The minimum atomic E-state index is 0.0786. The SMILES string of the molecule is CC1(C)C(N)CC1NC(=O)CC1CCC1. The highest BCUT2D eigenvalue weighted by Gasteiger charge is 2.46. The lowest BCUT2D eigenvalue weighted by Gasteiger charge is -2.50. The van der Waals surface area contributed by atoms with Crippen LogP contribution in [0.4, 0.5) is 0 Å². The van der Waals surface area contributed by atoms with Crippen LogP contribution in [0.5, 0.6) is 0 Å². The van der Waals surface area contributed by atoms with Crippen LogP contribution in [0.25, 0.3) is 0 Å². The van der Waals surface area contributed by atoms with Gasteiger partial charge in [0, 0.05) is 23.9 Å². The fourth-order valence-corrected chi connectivity index (χ4v) is 2.42. The quantitative estimate of drug-likeness (QED) is 0.740. The van der Waals surface area contributed by atoms with Crippen molar-refractivity contribution in [2.45, 2.75) is 58.0 Å². The van der Waals surface area contributed by atoms with Crippen molar-refractivity contribution in [2.75, 3.05) is 0 Å². The summed E-state index contributed by atoms with van der Waals surface area (Å²) in [5, 5.41) is 3.12. The predicted octanol–water partition coefficient (Wildman–Crippen LogP) is 1.42. The van der Waals surface area contributed by atoms with E-state index in [1.165, 1.54) is 19.3 Å². The van der Waals surface area contributed by atoms with E-state index in [4.69, 9.17) is 5.73 Å². The summed E-state index contributed by atoms with van der Waals surface area (Å²) in [6, 6.07) is 0.534. The molecule has 2 unspecified atom stereocenters. The van der Waals surface area contributed by atoms with Crippen molar-refractivity contribution in [3.63, 3.8) is 0 Å². The average Bonchev–Trinajstić information content (AvgIpc) is 2.11. The number of nitrogens with one attached hydrogen (secondary N) is 1. The molecule has 2 aliphatic rings. The molecule has 2 rings (SSSR count). The Kier molecular flexibility index (Phi) is 2.75. The molecule has 3 heteroatoms. The highest BCUT2D eigenvalue weighted by Crippen LogP contribution is 2.39. The number of carbonyl (C=O) groups is 1. The minimum Gasteiger partial charge on any atom is -0.353 e. The molecule has 1 amide bonds. The number of hydrogen-bond donors (Lipinski definition) is 2. The monoisotopic (exact) mass is 210 g/mol. The van der Waals surface area contributed by atoms with Crippen LogP contribution in [-0.4, -0.2) is 18.0 Å². The van der Waals surface area contributed by atoms with Gasteiger partial charge in [-0.25, -0.2) is 0 Å². The fraction of sp³-hybridized carbons (Fsp3) is 0.917. The summed E-state index contributed by atoms with van der Waals surface area (Å²) in [5.74, 6) is 0.881. The summed E-state index contributed by atoms with van der Waals surface area (Å²) in [5.41, 5.74) is 5.99. The molecular weight excluding hydrogens is 188 g/mol. The van der Waals surface area contributed by atoms with E-state index in [1.807, 2.05) is 0 Å². The van der Waals surface area contributed by atoms with Crippen molar-refractivity contribution >= 4 is 5.91 Å². The molecule has 3 nitrogen and oxygen atoms in total. The molecule has 86 valence electrons. The molecular formula is C12H22N2O. The Balaban J connectivity index is 1.75. The number of carbonyl (C=O) groups excluding carboxylic acids is 1. The van der Waals surface area contributed by atoms with Gasteiger partial charge in [-0.05, 0) is 25.2 Å². The highest BCUT2D eigenvalue weighted by atomic mass is 16.1. The van der Waals surface area contributed by atoms with Crippen molar-refractivity contribution in [3.05, 3.63) is 0 Å². The minimum absolute atomic E-state index is 0.0786. The summed E-state index contributed by atoms with van der Waals surface area (Å²) >= 11 is 0. The van der Waals surface area contributed by atoms with E-state index in [2.05, 4.69) is 19.2 Å². The summed E-state index contributed by atoms with van der Waals surface area (Å²) in [6.07, 6.45) is 5.44. The van der Waals surface area contributed by atoms with Gasteiger partial charge in [0.15, 0.2) is 0 Å². The van der Waals surface area contributed by atoms with Crippen molar-refractivity contribution in [1.82, 2.24) is 5.32 Å². The van der Waals surface area contributed by atoms with Crippen LogP contribution in [0.1, 0.15) is 46.0 Å². The van der Waals surface area contributed by atoms with Crippen LogP contribution in [0.15, 0.2) is 0 Å². The second-order valence-electron chi connectivity index (χ2n) is 5.78. The highest BCUT2D eigenvalue weighted by molar-refractivity contribution is 5.76. The van der Waals surface area contributed by atoms with E-state index in [9.17, 15) is 4.79 Å². The van der Waals surface area contributed by atoms with Gasteiger partial charge in [-0.3, -0.25) is 4.79 Å². The topological polar surface area (TPSA) is 55.1 Å². The van der Waals surface area contributed by atoms with Crippen molar-refractivity contribution < 1.29 is 4.79 Å². The second kappa shape index (κ2) is 3.78. The first-order valence-corrected chi connectivity index (χ1v) is 6.05. The molecule has 3 N–H and O–H groups in total. The summed E-state index contributed by atoms with van der Waals surface area (Å²) in [4.78, 5) is 11.7. The van der Waals surface area contributed by atoms with Crippen LogP contribution >= 0.6 is 0 Å². The largest absolute Gasteiger partial charge is 0.353 e. The normalized spacial score (nSPS) is 34.1. The fourth-order valence-electron chi connectivity index (χ4n) is 2.42. The maximum Gasteiger partial charge on any atom is 0.220 e. The first-order chi connectivity index (χ1) is 7.00. The van der Waals surface area contributed by atoms with Crippen LogP contribution in [-0.2, 0) is 4.79 Å². The second-order valence-corrected chi connectivity index (χ2v) is 5.78. The summed E-state index contributed by atoms with van der Waals surface area (Å²) in [6.45, 7) is 4.27. The molecule has 0 saturated heterocycles. The van der Waals surface area contributed by atoms with Crippen molar-refractivity contribution in [3.8, 4) is 0 Å². The lowest BCUT2D eigenvalue weighted by atomic mass is 9.63. The Labute approximate surface area is 91.8 Å². The third kappa shape index (κ3) is 2.03. The van der Waals surface area contributed by atoms with E-state index in [1.54, 1.807) is 0 Å². The molecule has 15 heavy (non-hydrogen) atoms. The Morgan fingerprint density at radius 3 is 2.53 bits per heavy atom. The van der Waals surface area contributed by atoms with Crippen LogP contribution in [0, 0.1) is 11.3 Å². The smallest absolute Gasteiger partial charge is 0.220 e. The van der Waals surface area contributed by atoms with Crippen LogP contribution in [0.2, 0.25) is 0 Å². The van der Waals surface area contributed by atoms with Gasteiger partial charge in [-0.2, -0.15) is 0 Å². The molecule has 2 atom stereocenters. The van der Waals surface area contributed by atoms with Gasteiger partial charge in [0.25, 0.3) is 0 Å². The van der Waals surface area contributed by atoms with E-state index in [0.717, 1.165) is 12.8 Å². The number of hydrogen-bond acceptors (Lipinski definition) is 2. The van der Waals surface area contributed by atoms with Crippen LogP contribution in [0.3, 0.4) is 0 Å². The van der Waals surface area contributed by atoms with Gasteiger partial charge >= 0.3 is 0 Å². The third-order valence-corrected chi connectivity index (χ3v) is 4.38. The van der Waals surface area contributed by atoms with Gasteiger partial charge in [0.1, 0.15) is 0 Å². The Bertz CT molecular complexity index is 258. The Morgan fingerprint density at radius 1 is 1.47 bits per heavy atom. The van der Waals surface area contributed by atoms with E-state index in [-0.39, 0.29) is 17.4 Å². The first kappa shape index (κ1) is 10.9. The lowest BCUT2D eigenvalue weighted by Crippen LogP contribution is -2.64. The van der Waals surface area contributed by atoms with Crippen LogP contribution < -0.4 is 11.1 Å². The maximum absolute atomic E-state index is 11.7. The van der Waals surface area contributed by atoms with Gasteiger partial charge < -0.3 is 11.1 Å². The zero-order valence-corrected chi connectivity index (χ0v) is 9.75. The van der Waals surface area contributed by atoms with Crippen molar-refractivity contribution in [1.29, 1.82) is 0 Å². The number of amides is 1. The molecule has 0 aromatic carbocycles. The van der Waals surface area contributed by atoms with E-state index >= 15 is 0 Å². The average molecular weight is 210 g/mol. The Hall–Kier alpha value is -0.570. The zero-order valence-electron chi connectivity index (χ0n) is 9.75. The van der Waals surface area contributed by atoms with Crippen molar-refractivity contribution in [2.24, 2.45) is 17.1 Å². The lowest BCUT2D eigenvalue weighted by molar-refractivity contribution is -0.125. The van der Waals surface area contributed by atoms with Gasteiger partial charge in [0.2, 0.25) is 5.91 Å². The van der Waals surface area contributed by atoms with E-state index in [0.29, 0.717) is 12.0 Å². The molecule has 0 aliphatic heterocycles. The van der Waals surface area contributed by atoms with Gasteiger partial charge in [-0.1, -0.05) is 20.3 Å². The molecule has 0 radical (unpaired) electrons. The standard InChI is InChI=1S/C12H22N2O/c1-12(2)9(13)7-10(12)14-11(15)6-8-4-3-5-8/h8-10H,3-7,13H2,1-2H3,(H,14,15). The summed E-state index contributed by atoms with van der Waals surface area (Å²) < 4.78 is 0. The Morgan fingerprint density at radius 2 is 2.13 bits per heavy atom. The molecule has 0 spiro atoms. The van der Waals surface area contributed by atoms with E-state index < -0.39 is 0 Å². The van der Waals surface area contributed by atoms with Gasteiger partial charge in [-0.15, -0.1) is 0 Å². The molecule has 0 heterocycles. The van der Waals surface area contributed by atoms with Gasteiger partial charge in [0.05, 0.1) is 0 Å². The zero-order chi connectivity index (χ0) is 11.1. The molecule has 2 aliphatic carbocycles.